The van der Waals surface area contributed by atoms with E-state index in [2.05, 4.69) is 25.9 Å². The Bertz CT molecular complexity index is 587. The van der Waals surface area contributed by atoms with Crippen molar-refractivity contribution in [3.63, 3.8) is 0 Å². The van der Waals surface area contributed by atoms with Crippen LogP contribution in [0.2, 0.25) is 0 Å². The number of nitrogens with one attached hydrogen (secondary N) is 1. The Balaban J connectivity index is 2.25. The number of halogens is 1. The minimum absolute atomic E-state index is 0.0473. The molecule has 0 aliphatic carbocycles. The van der Waals surface area contributed by atoms with Gasteiger partial charge in [-0.1, -0.05) is 45.9 Å². The van der Waals surface area contributed by atoms with Gasteiger partial charge in [-0.2, -0.15) is 0 Å². The standard InChI is InChI=1S/C12H12BrN3OS/c13-9-4-2-1-3-8(9)10(7-14)18-12-15-6-5-11(17)16-12/h1-6,10H,7,14H2,(H,15,16,17). The molecule has 0 aliphatic rings. The van der Waals surface area contributed by atoms with Crippen molar-refractivity contribution in [1.29, 1.82) is 0 Å². The van der Waals surface area contributed by atoms with Crippen molar-refractivity contribution >= 4 is 27.7 Å². The predicted octanol–water partition coefficient (Wildman–Crippen LogP) is 2.32. The minimum atomic E-state index is -0.157. The lowest BCUT2D eigenvalue weighted by Gasteiger charge is -2.15. The van der Waals surface area contributed by atoms with Crippen molar-refractivity contribution in [2.45, 2.75) is 10.4 Å². The fourth-order valence-corrected chi connectivity index (χ4v) is 3.21. The topological polar surface area (TPSA) is 71.8 Å². The lowest BCUT2D eigenvalue weighted by molar-refractivity contribution is 0.894. The molecule has 18 heavy (non-hydrogen) atoms. The molecule has 0 saturated carbocycles. The van der Waals surface area contributed by atoms with E-state index in [1.165, 1.54) is 24.0 Å². The van der Waals surface area contributed by atoms with Gasteiger partial charge < -0.3 is 10.7 Å². The zero-order chi connectivity index (χ0) is 13.0. The molecule has 0 bridgehead atoms. The van der Waals surface area contributed by atoms with Crippen LogP contribution in [0.25, 0.3) is 0 Å². The molecule has 0 amide bonds. The van der Waals surface area contributed by atoms with Crippen LogP contribution in [-0.2, 0) is 0 Å². The summed E-state index contributed by atoms with van der Waals surface area (Å²) >= 11 is 4.95. The average molecular weight is 326 g/mol. The third-order valence-corrected chi connectivity index (χ3v) is 4.25. The van der Waals surface area contributed by atoms with Gasteiger partial charge in [0.2, 0.25) is 0 Å². The summed E-state index contributed by atoms with van der Waals surface area (Å²) in [5, 5.41) is 0.625. The summed E-state index contributed by atoms with van der Waals surface area (Å²) in [5.41, 5.74) is 6.74. The Hall–Kier alpha value is -1.11. The first-order valence-electron chi connectivity index (χ1n) is 5.37. The Labute approximate surface area is 117 Å². The Morgan fingerprint density at radius 2 is 2.17 bits per heavy atom. The molecule has 6 heteroatoms. The largest absolute Gasteiger partial charge is 0.329 e. The molecule has 4 nitrogen and oxygen atoms in total. The Morgan fingerprint density at radius 3 is 2.83 bits per heavy atom. The van der Waals surface area contributed by atoms with E-state index in [1.807, 2.05) is 24.3 Å². The van der Waals surface area contributed by atoms with E-state index < -0.39 is 0 Å². The SMILES string of the molecule is NCC(Sc1nccc(=O)[nH]1)c1ccccc1Br. The summed E-state index contributed by atoms with van der Waals surface area (Å²) < 4.78 is 1.01. The van der Waals surface area contributed by atoms with Crippen molar-refractivity contribution in [2.75, 3.05) is 6.54 Å². The monoisotopic (exact) mass is 325 g/mol. The van der Waals surface area contributed by atoms with E-state index in [0.717, 1.165) is 10.0 Å². The Kier molecular flexibility index (Phi) is 4.57. The normalized spacial score (nSPS) is 12.3. The molecule has 1 unspecified atom stereocenters. The van der Waals surface area contributed by atoms with Gasteiger partial charge in [-0.25, -0.2) is 4.98 Å². The number of nitrogens with two attached hydrogens (primary N) is 1. The number of nitrogens with zero attached hydrogens (tertiary/aromatic N) is 1. The van der Waals surface area contributed by atoms with E-state index in [1.54, 1.807) is 0 Å². The number of rotatable bonds is 4. The quantitative estimate of drug-likeness (QED) is 0.668. The number of H-pyrrole nitrogens is 1. The van der Waals surface area contributed by atoms with Gasteiger partial charge in [-0.15, -0.1) is 0 Å². The molecule has 1 atom stereocenters. The molecule has 0 fully saturated rings. The zero-order valence-corrected chi connectivity index (χ0v) is 11.9. The van der Waals surface area contributed by atoms with Crippen molar-refractivity contribution < 1.29 is 0 Å². The van der Waals surface area contributed by atoms with Gasteiger partial charge in [0, 0.05) is 23.3 Å². The maximum absolute atomic E-state index is 11.2. The smallest absolute Gasteiger partial charge is 0.251 e. The first-order valence-corrected chi connectivity index (χ1v) is 7.04. The molecule has 0 aliphatic heterocycles. The molecule has 1 heterocycles. The van der Waals surface area contributed by atoms with E-state index in [0.29, 0.717) is 11.7 Å². The van der Waals surface area contributed by atoms with Crippen molar-refractivity contribution in [3.8, 4) is 0 Å². The molecule has 0 radical (unpaired) electrons. The fourth-order valence-electron chi connectivity index (χ4n) is 1.52. The first-order chi connectivity index (χ1) is 8.70. The molecular weight excluding hydrogens is 314 g/mol. The molecule has 2 aromatic rings. The van der Waals surface area contributed by atoms with Crippen molar-refractivity contribution in [2.24, 2.45) is 5.73 Å². The molecule has 0 saturated heterocycles. The van der Waals surface area contributed by atoms with Crippen LogP contribution >= 0.6 is 27.7 Å². The predicted molar refractivity (Wildman–Crippen MR) is 76.7 cm³/mol. The van der Waals surface area contributed by atoms with Gasteiger partial charge >= 0.3 is 0 Å². The number of hydrogen-bond acceptors (Lipinski definition) is 4. The van der Waals surface area contributed by atoms with E-state index in [-0.39, 0.29) is 10.8 Å². The van der Waals surface area contributed by atoms with Crippen LogP contribution in [0.1, 0.15) is 10.8 Å². The van der Waals surface area contributed by atoms with Gasteiger partial charge in [-0.05, 0) is 11.6 Å². The number of hydrogen-bond donors (Lipinski definition) is 2. The maximum atomic E-state index is 11.2. The third kappa shape index (κ3) is 3.22. The summed E-state index contributed by atoms with van der Waals surface area (Å²) in [6.07, 6.45) is 1.49. The zero-order valence-electron chi connectivity index (χ0n) is 9.47. The first kappa shape index (κ1) is 13.3. The highest BCUT2D eigenvalue weighted by Gasteiger charge is 2.15. The van der Waals surface area contributed by atoms with Gasteiger partial charge in [-0.3, -0.25) is 4.79 Å². The summed E-state index contributed by atoms with van der Waals surface area (Å²) in [4.78, 5) is 18.0. The number of aromatic nitrogens is 2. The van der Waals surface area contributed by atoms with E-state index in [4.69, 9.17) is 5.73 Å². The molecule has 3 N–H and O–H groups in total. The van der Waals surface area contributed by atoms with Crippen molar-refractivity contribution in [3.05, 3.63) is 56.9 Å². The lowest BCUT2D eigenvalue weighted by Crippen LogP contribution is -2.12. The molecular formula is C12H12BrN3OS. The van der Waals surface area contributed by atoms with Crippen LogP contribution in [0, 0.1) is 0 Å². The van der Waals surface area contributed by atoms with Gasteiger partial charge in [0.05, 0.1) is 5.25 Å². The van der Waals surface area contributed by atoms with E-state index in [9.17, 15) is 4.79 Å². The lowest BCUT2D eigenvalue weighted by atomic mass is 10.1. The van der Waals surface area contributed by atoms with Crippen LogP contribution in [0.4, 0.5) is 0 Å². The number of aromatic amines is 1. The fraction of sp³-hybridized carbons (Fsp3) is 0.167. The van der Waals surface area contributed by atoms with Crippen LogP contribution in [0.15, 0.2) is 51.0 Å². The summed E-state index contributed by atoms with van der Waals surface area (Å²) in [6, 6.07) is 9.29. The highest BCUT2D eigenvalue weighted by Crippen LogP contribution is 2.35. The third-order valence-electron chi connectivity index (χ3n) is 2.37. The second-order valence-corrected chi connectivity index (χ2v) is 5.65. The van der Waals surface area contributed by atoms with Crippen LogP contribution < -0.4 is 11.3 Å². The molecule has 2 rings (SSSR count). The summed E-state index contributed by atoms with van der Waals surface area (Å²) in [5.74, 6) is 0. The highest BCUT2D eigenvalue weighted by molar-refractivity contribution is 9.10. The number of benzene rings is 1. The molecule has 1 aromatic carbocycles. The summed E-state index contributed by atoms with van der Waals surface area (Å²) in [7, 11) is 0. The second-order valence-electron chi connectivity index (χ2n) is 3.60. The molecule has 1 aromatic heterocycles. The Morgan fingerprint density at radius 1 is 1.39 bits per heavy atom. The number of thioether (sulfide) groups is 1. The molecule has 0 spiro atoms. The van der Waals surface area contributed by atoms with Crippen molar-refractivity contribution in [1.82, 2.24) is 9.97 Å². The van der Waals surface area contributed by atoms with Crippen LogP contribution in [0.5, 0.6) is 0 Å². The molecule has 94 valence electrons. The summed E-state index contributed by atoms with van der Waals surface area (Å²) in [6.45, 7) is 0.464. The van der Waals surface area contributed by atoms with Gasteiger partial charge in [0.15, 0.2) is 5.16 Å². The van der Waals surface area contributed by atoms with E-state index >= 15 is 0 Å². The van der Waals surface area contributed by atoms with Gasteiger partial charge in [0.25, 0.3) is 5.56 Å². The second kappa shape index (κ2) is 6.17. The average Bonchev–Trinajstić information content (AvgIpc) is 2.37. The minimum Gasteiger partial charge on any atom is -0.329 e. The highest BCUT2D eigenvalue weighted by atomic mass is 79.9. The maximum Gasteiger partial charge on any atom is 0.251 e. The van der Waals surface area contributed by atoms with Crippen LogP contribution in [0.3, 0.4) is 0 Å². The van der Waals surface area contributed by atoms with Gasteiger partial charge in [0.1, 0.15) is 0 Å². The van der Waals surface area contributed by atoms with Crippen LogP contribution in [-0.4, -0.2) is 16.5 Å².